The number of aryl methyl sites for hydroxylation is 9. The number of benzene rings is 8. The molecule has 1 fully saturated rings. The molecular weight excluding hydrogens is 1600 g/mol. The maximum atomic E-state index is 12.6. The van der Waals surface area contributed by atoms with Crippen LogP contribution in [-0.4, -0.2) is 87.8 Å². The highest BCUT2D eigenvalue weighted by molar-refractivity contribution is 6.30. The molecular formula is C98H106Cl2N16O8. The monoisotopic (exact) mass is 1700 g/mol. The summed E-state index contributed by atoms with van der Waals surface area (Å²) in [5.41, 5.74) is 17.2. The number of hydrogen-bond acceptors (Lipinski definition) is 17. The van der Waals surface area contributed by atoms with Crippen LogP contribution in [0, 0.1) is 20.8 Å². The van der Waals surface area contributed by atoms with Crippen molar-refractivity contribution in [3.8, 4) is 34.6 Å². The fourth-order valence-corrected chi connectivity index (χ4v) is 16.8. The second-order valence-electron chi connectivity index (χ2n) is 32.2. The molecule has 1 aliphatic carbocycles. The van der Waals surface area contributed by atoms with Gasteiger partial charge >= 0.3 is 17.1 Å². The van der Waals surface area contributed by atoms with Crippen molar-refractivity contribution in [3.63, 3.8) is 0 Å². The Morgan fingerprint density at radius 2 is 0.960 bits per heavy atom. The van der Waals surface area contributed by atoms with Crippen molar-refractivity contribution in [2.24, 2.45) is 4.99 Å². The molecule has 3 unspecified atom stereocenters. The van der Waals surface area contributed by atoms with Gasteiger partial charge in [-0.3, -0.25) is 34.1 Å². The molecule has 17 rings (SSSR count). The zero-order chi connectivity index (χ0) is 86.7. The van der Waals surface area contributed by atoms with E-state index < -0.39 is 33.7 Å². The average molecular weight is 1710 g/mol. The maximum absolute atomic E-state index is 12.6. The van der Waals surface area contributed by atoms with Crippen LogP contribution in [0.4, 0.5) is 17.2 Å². The summed E-state index contributed by atoms with van der Waals surface area (Å²) in [6, 6.07) is 55.5. The van der Waals surface area contributed by atoms with E-state index in [1.807, 2.05) is 81.3 Å². The van der Waals surface area contributed by atoms with Crippen LogP contribution >= 0.6 is 23.2 Å². The molecule has 9 aromatic rings. The van der Waals surface area contributed by atoms with E-state index in [2.05, 4.69) is 230 Å². The summed E-state index contributed by atoms with van der Waals surface area (Å²) in [6.07, 6.45) is 13.7. The van der Waals surface area contributed by atoms with Gasteiger partial charge in [-0.1, -0.05) is 200 Å². The van der Waals surface area contributed by atoms with Gasteiger partial charge in [0.2, 0.25) is 0 Å². The molecule has 3 atom stereocenters. The number of hydrogen-bond donors (Lipinski definition) is 4. The van der Waals surface area contributed by atoms with Crippen molar-refractivity contribution in [1.29, 1.82) is 0 Å². The highest BCUT2D eigenvalue weighted by Crippen LogP contribution is 2.40. The Hall–Kier alpha value is -12.5. The van der Waals surface area contributed by atoms with Crippen LogP contribution in [0.15, 0.2) is 202 Å². The smallest absolute Gasteiger partial charge is 0.349 e. The van der Waals surface area contributed by atoms with Crippen molar-refractivity contribution in [2.45, 2.75) is 203 Å². The highest BCUT2D eigenvalue weighted by Gasteiger charge is 2.28. The molecule has 1 saturated carbocycles. The number of halogens is 2. The molecule has 640 valence electrons. The van der Waals surface area contributed by atoms with Crippen LogP contribution in [-0.2, 0) is 56.5 Å². The van der Waals surface area contributed by atoms with E-state index in [4.69, 9.17) is 27.9 Å². The number of nitrogens with one attached hydrogen (secondary N) is 4. The first-order valence-electron chi connectivity index (χ1n) is 42.5. The van der Waals surface area contributed by atoms with Gasteiger partial charge in [-0.15, -0.1) is 0 Å². The lowest BCUT2D eigenvalue weighted by atomic mass is 9.97. The number of aromatic amines is 4. The Morgan fingerprint density at radius 3 is 1.49 bits per heavy atom. The Labute approximate surface area is 728 Å². The zero-order valence-corrected chi connectivity index (χ0v) is 72.4. The number of ether oxygens (including phenoxy) is 1. The summed E-state index contributed by atoms with van der Waals surface area (Å²) in [5, 5.41) is 1.80. The SMILES string of the molecule is C.C=c1nc2c(c(=O)[nH]1)=Nc1cc(CC)c(C)cc1N2CCC(C)c1ccc(Cl)cc1.CCCc1ccc2c(c1)nc1c(=O)[nH]c(=O)nc-1n2CC(Cc1ccc(C)cc1)OCC.CCCc1ccc2c(c1)nc1c(=O)[nH]c(=O)nc-1n2CCC(C)c1ccc(C)cc1.O=c1nc2n(CCCc3ccc(Cl)cc3)c3ccc(C4CCCC4)cc3nc-2c(=O)[nH]1. The van der Waals surface area contributed by atoms with Crippen LogP contribution in [0.25, 0.3) is 74.2 Å². The van der Waals surface area contributed by atoms with Crippen molar-refractivity contribution >= 4 is 80.1 Å². The number of rotatable bonds is 24. The Kier molecular flexibility index (Phi) is 28.9. The van der Waals surface area contributed by atoms with Gasteiger partial charge in [-0.25, -0.2) is 39.3 Å². The lowest BCUT2D eigenvalue weighted by molar-refractivity contribution is 0.0517. The Balaban J connectivity index is 0.000000142. The van der Waals surface area contributed by atoms with Crippen LogP contribution in [0.2, 0.25) is 10.0 Å². The van der Waals surface area contributed by atoms with Gasteiger partial charge in [0.1, 0.15) is 5.48 Å². The lowest BCUT2D eigenvalue weighted by Gasteiger charge is -2.29. The normalized spacial score (nSPS) is 13.1. The quantitative estimate of drug-likeness (QED) is 0.0409. The largest absolute Gasteiger partial charge is 0.376 e. The third kappa shape index (κ3) is 20.9. The molecule has 7 aliphatic heterocycles. The Bertz CT molecular complexity index is 6800. The molecule has 8 aromatic carbocycles. The van der Waals surface area contributed by atoms with Crippen molar-refractivity contribution in [3.05, 3.63) is 319 Å². The maximum Gasteiger partial charge on any atom is 0.349 e. The van der Waals surface area contributed by atoms with Gasteiger partial charge in [0.25, 0.3) is 22.2 Å². The predicted octanol–water partition coefficient (Wildman–Crippen LogP) is 17.0. The molecule has 8 aliphatic rings. The second-order valence-corrected chi connectivity index (χ2v) is 33.0. The third-order valence-corrected chi connectivity index (χ3v) is 23.7. The standard InChI is InChI=1S/C25H28N4O3.C24H23ClN4O2.C24H25ClN4O.C24H26N4O2.CH4/c1-4-6-17-11-12-21-20(14-17)26-22-23(27-25(31)28-24(22)30)29(21)15-19(32-5-2)13-18-9-7-16(3)8-10-18;25-18-10-7-15(8-11-18)4-3-13-29-20-12-9-17(16-5-1-2-6-16)14-19(20)26-21-22(29)27-24(31)28-23(21)30;1-5-17-13-20-21(12-15(17)3)29(23-22(28-20)24(30)27-16(4)26-23)11-10-14(2)18-6-8-19(25)9-7-18;1-4-5-17-8-11-20-19(14-17)25-21-22(26-24(30)27-23(21)29)28(20)13-12-16(3)18-9-6-15(2)7-10-18;/h7-12,14,19H,4-6,13,15H2,1-3H3,(H,28,30,31);7-12,14,16H,1-6,13H2,(H,28,30,31);6-9,12-14H,4-5,10-11H2,1-3H3,(H,27,30);6-11,14,16H,4-5,12-13H2,1-3H3,(H,27,29,30);1H4. The fourth-order valence-electron chi connectivity index (χ4n) is 16.6. The molecule has 0 bridgehead atoms. The summed E-state index contributed by atoms with van der Waals surface area (Å²) in [6.45, 7) is 25.8. The Morgan fingerprint density at radius 1 is 0.492 bits per heavy atom. The molecule has 24 nitrogen and oxygen atoms in total. The van der Waals surface area contributed by atoms with Gasteiger partial charge in [-0.05, 0) is 226 Å². The zero-order valence-electron chi connectivity index (χ0n) is 70.9. The van der Waals surface area contributed by atoms with Crippen LogP contribution < -0.4 is 55.0 Å². The van der Waals surface area contributed by atoms with Crippen LogP contribution in [0.1, 0.15) is 186 Å². The first-order chi connectivity index (χ1) is 59.4. The van der Waals surface area contributed by atoms with E-state index in [-0.39, 0.29) is 42.0 Å². The topological polar surface area (TPSA) is 312 Å². The summed E-state index contributed by atoms with van der Waals surface area (Å²) in [5.74, 6) is 2.74. The van der Waals surface area contributed by atoms with Gasteiger partial charge in [-0.2, -0.15) is 15.0 Å². The van der Waals surface area contributed by atoms with Gasteiger partial charge < -0.3 is 28.3 Å². The molecule has 1 aromatic heterocycles. The molecule has 26 heteroatoms. The first kappa shape index (κ1) is 89.3. The fraction of sp³-hybridized carbons (Fsp3) is 0.337. The van der Waals surface area contributed by atoms with Crippen molar-refractivity contribution < 1.29 is 4.74 Å². The molecule has 0 amide bonds. The van der Waals surface area contributed by atoms with E-state index >= 15 is 0 Å². The molecule has 124 heavy (non-hydrogen) atoms. The highest BCUT2D eigenvalue weighted by atomic mass is 35.5. The van der Waals surface area contributed by atoms with E-state index in [1.54, 1.807) is 0 Å². The van der Waals surface area contributed by atoms with Crippen LogP contribution in [0.5, 0.6) is 0 Å². The van der Waals surface area contributed by atoms with E-state index in [1.165, 1.54) is 75.8 Å². The summed E-state index contributed by atoms with van der Waals surface area (Å²) >= 11 is 12.0. The van der Waals surface area contributed by atoms with E-state index in [9.17, 15) is 33.6 Å². The minimum Gasteiger partial charge on any atom is -0.376 e. The number of anilines is 2. The number of H-pyrrole nitrogens is 4. The average Bonchev–Trinajstić information content (AvgIpc) is 0.798. The summed E-state index contributed by atoms with van der Waals surface area (Å²) in [4.78, 5) is 133. The first-order valence-corrected chi connectivity index (χ1v) is 43.3. The summed E-state index contributed by atoms with van der Waals surface area (Å²) in [7, 11) is 0. The van der Waals surface area contributed by atoms with Gasteiger partial charge in [0.15, 0.2) is 45.7 Å². The van der Waals surface area contributed by atoms with E-state index in [0.29, 0.717) is 95.8 Å². The van der Waals surface area contributed by atoms with Crippen molar-refractivity contribution in [2.75, 3.05) is 18.1 Å². The molecule has 0 saturated heterocycles. The molecule has 8 heterocycles. The second kappa shape index (κ2) is 40.2. The minimum absolute atomic E-state index is 0. The van der Waals surface area contributed by atoms with Gasteiger partial charge in [0.05, 0.1) is 57.1 Å². The molecule has 4 N–H and O–H groups in total. The predicted molar refractivity (Wildman–Crippen MR) is 496 cm³/mol. The lowest BCUT2D eigenvalue weighted by Crippen LogP contribution is -2.42. The third-order valence-electron chi connectivity index (χ3n) is 23.2. The van der Waals surface area contributed by atoms with E-state index in [0.717, 1.165) is 113 Å². The van der Waals surface area contributed by atoms with Crippen molar-refractivity contribution in [1.82, 2.24) is 68.5 Å². The molecule has 0 spiro atoms. The van der Waals surface area contributed by atoms with Crippen LogP contribution in [0.3, 0.4) is 0 Å². The minimum atomic E-state index is -0.675. The number of nitrogens with zero attached hydrogens (tertiary/aromatic N) is 12. The number of aromatic nitrogens is 14. The van der Waals surface area contributed by atoms with Gasteiger partial charge in [0, 0.05) is 42.7 Å². The molecule has 0 radical (unpaired) electrons. The summed E-state index contributed by atoms with van der Waals surface area (Å²) < 4.78 is 11.9. The number of fused-ring (bicyclic) bond motifs is 8.